The van der Waals surface area contributed by atoms with Crippen molar-refractivity contribution in [3.63, 3.8) is 0 Å². The lowest BCUT2D eigenvalue weighted by Gasteiger charge is -2.38. The van der Waals surface area contributed by atoms with Gasteiger partial charge in [-0.2, -0.15) is 0 Å². The Balaban J connectivity index is 1.72. The maximum atomic E-state index is 13.2. The van der Waals surface area contributed by atoms with Crippen molar-refractivity contribution in [2.24, 2.45) is 0 Å². The predicted molar refractivity (Wildman–Crippen MR) is 137 cm³/mol. The van der Waals surface area contributed by atoms with Gasteiger partial charge in [0.2, 0.25) is 17.6 Å². The van der Waals surface area contributed by atoms with Crippen LogP contribution in [0.25, 0.3) is 11.1 Å². The van der Waals surface area contributed by atoms with Gasteiger partial charge < -0.3 is 24.0 Å². The Labute approximate surface area is 209 Å². The number of hydrogen-bond donors (Lipinski definition) is 0. The molecule has 7 heteroatoms. The van der Waals surface area contributed by atoms with Gasteiger partial charge in [-0.1, -0.05) is 56.9 Å². The van der Waals surface area contributed by atoms with Crippen molar-refractivity contribution in [2.45, 2.75) is 51.5 Å². The molecule has 1 heterocycles. The van der Waals surface area contributed by atoms with Crippen LogP contribution in [0.15, 0.2) is 36.4 Å². The second kappa shape index (κ2) is 12.5. The highest BCUT2D eigenvalue weighted by atomic mass is 16.5. The first-order valence-corrected chi connectivity index (χ1v) is 12.4. The summed E-state index contributed by atoms with van der Waals surface area (Å²) in [4.78, 5) is 29.1. The van der Waals surface area contributed by atoms with Gasteiger partial charge in [0.05, 0.1) is 27.9 Å². The Hall–Kier alpha value is -3.22. The molecule has 2 amide bonds. The molecule has 2 aromatic carbocycles. The summed E-state index contributed by atoms with van der Waals surface area (Å²) in [6.45, 7) is 3.02. The zero-order valence-corrected chi connectivity index (χ0v) is 21.6. The van der Waals surface area contributed by atoms with Gasteiger partial charge in [-0.3, -0.25) is 9.59 Å². The van der Waals surface area contributed by atoms with Crippen molar-refractivity contribution in [1.29, 1.82) is 0 Å². The van der Waals surface area contributed by atoms with Crippen LogP contribution in [0.3, 0.4) is 0 Å². The second-order valence-corrected chi connectivity index (χ2v) is 9.01. The van der Waals surface area contributed by atoms with Crippen LogP contribution in [0.5, 0.6) is 17.2 Å². The maximum Gasteiger partial charge on any atom is 0.246 e. The van der Waals surface area contributed by atoms with Gasteiger partial charge in [0.1, 0.15) is 6.04 Å². The fourth-order valence-corrected chi connectivity index (χ4v) is 4.53. The van der Waals surface area contributed by atoms with E-state index in [0.717, 1.165) is 29.5 Å². The molecule has 1 unspecified atom stereocenters. The first kappa shape index (κ1) is 26.4. The van der Waals surface area contributed by atoms with Gasteiger partial charge in [0, 0.05) is 20.0 Å². The van der Waals surface area contributed by atoms with Crippen LogP contribution < -0.4 is 14.2 Å². The number of carbonyl (C=O) groups is 2. The molecule has 0 aliphatic carbocycles. The molecular weight excluding hydrogens is 444 g/mol. The highest BCUT2D eigenvalue weighted by molar-refractivity contribution is 5.95. The Morgan fingerprint density at radius 3 is 2.06 bits per heavy atom. The third-order valence-corrected chi connectivity index (χ3v) is 6.70. The third-order valence-electron chi connectivity index (χ3n) is 6.70. The molecule has 1 aliphatic heterocycles. The van der Waals surface area contributed by atoms with Gasteiger partial charge in [0.25, 0.3) is 0 Å². The van der Waals surface area contributed by atoms with Crippen molar-refractivity contribution in [3.05, 3.63) is 42.0 Å². The summed E-state index contributed by atoms with van der Waals surface area (Å²) in [5.74, 6) is 1.77. The lowest BCUT2D eigenvalue weighted by molar-refractivity contribution is -0.154. The van der Waals surface area contributed by atoms with Gasteiger partial charge in [0.15, 0.2) is 11.5 Å². The number of unbranched alkanes of at least 4 members (excludes halogenated alkanes) is 4. The Morgan fingerprint density at radius 2 is 1.49 bits per heavy atom. The van der Waals surface area contributed by atoms with E-state index in [4.69, 9.17) is 14.2 Å². The normalized spacial score (nSPS) is 16.0. The molecule has 190 valence electrons. The first-order chi connectivity index (χ1) is 16.9. The van der Waals surface area contributed by atoms with Gasteiger partial charge >= 0.3 is 0 Å². The Morgan fingerprint density at radius 1 is 0.857 bits per heavy atom. The highest BCUT2D eigenvalue weighted by Gasteiger charge is 2.36. The molecule has 2 aromatic rings. The van der Waals surface area contributed by atoms with Gasteiger partial charge in [-0.15, -0.1) is 0 Å². The minimum Gasteiger partial charge on any atom is -0.493 e. The molecule has 1 fully saturated rings. The Bertz CT molecular complexity index is 980. The topological polar surface area (TPSA) is 68.3 Å². The summed E-state index contributed by atoms with van der Waals surface area (Å²) in [7, 11) is 6.50. The lowest BCUT2D eigenvalue weighted by atomic mass is 9.98. The van der Waals surface area contributed by atoms with E-state index in [1.165, 1.54) is 19.3 Å². The lowest BCUT2D eigenvalue weighted by Crippen LogP contribution is -2.59. The van der Waals surface area contributed by atoms with E-state index in [9.17, 15) is 9.59 Å². The molecule has 0 saturated carbocycles. The molecule has 1 saturated heterocycles. The Kier molecular flexibility index (Phi) is 9.40. The van der Waals surface area contributed by atoms with E-state index in [-0.39, 0.29) is 18.4 Å². The zero-order chi connectivity index (χ0) is 25.4. The third kappa shape index (κ3) is 6.27. The molecule has 1 atom stereocenters. The molecule has 0 radical (unpaired) electrons. The van der Waals surface area contributed by atoms with E-state index >= 15 is 0 Å². The fourth-order valence-electron chi connectivity index (χ4n) is 4.53. The van der Waals surface area contributed by atoms with Crippen molar-refractivity contribution >= 4 is 11.8 Å². The van der Waals surface area contributed by atoms with Crippen LogP contribution in [0.1, 0.15) is 44.6 Å². The molecular formula is C28H38N2O5. The molecule has 0 bridgehead atoms. The number of rotatable bonds is 12. The molecule has 1 aliphatic rings. The van der Waals surface area contributed by atoms with E-state index in [1.54, 1.807) is 38.2 Å². The van der Waals surface area contributed by atoms with Crippen LogP contribution in [0, 0.1) is 0 Å². The largest absolute Gasteiger partial charge is 0.493 e. The number of piperazine rings is 1. The van der Waals surface area contributed by atoms with Crippen LogP contribution >= 0.6 is 0 Å². The van der Waals surface area contributed by atoms with Crippen LogP contribution in [0.2, 0.25) is 0 Å². The number of nitrogens with zero attached hydrogens (tertiary/aromatic N) is 2. The van der Waals surface area contributed by atoms with Gasteiger partial charge in [-0.25, -0.2) is 0 Å². The molecule has 0 N–H and O–H groups in total. The van der Waals surface area contributed by atoms with Crippen molar-refractivity contribution in [3.8, 4) is 28.4 Å². The smallest absolute Gasteiger partial charge is 0.246 e. The van der Waals surface area contributed by atoms with Crippen LogP contribution in [0.4, 0.5) is 0 Å². The van der Waals surface area contributed by atoms with E-state index in [1.807, 2.05) is 36.4 Å². The number of methoxy groups -OCH3 is 3. The quantitative estimate of drug-likeness (QED) is 0.415. The van der Waals surface area contributed by atoms with Crippen molar-refractivity contribution in [1.82, 2.24) is 9.80 Å². The van der Waals surface area contributed by atoms with E-state index in [0.29, 0.717) is 30.2 Å². The highest BCUT2D eigenvalue weighted by Crippen LogP contribution is 2.41. The summed E-state index contributed by atoms with van der Waals surface area (Å²) in [5, 5.41) is 0. The average molecular weight is 483 g/mol. The molecule has 0 spiro atoms. The minimum absolute atomic E-state index is 0.00259. The first-order valence-electron chi connectivity index (χ1n) is 12.4. The van der Waals surface area contributed by atoms with Gasteiger partial charge in [-0.05, 0) is 35.2 Å². The summed E-state index contributed by atoms with van der Waals surface area (Å²) >= 11 is 0. The summed E-state index contributed by atoms with van der Waals surface area (Å²) < 4.78 is 16.4. The molecule has 3 rings (SSSR count). The summed E-state index contributed by atoms with van der Waals surface area (Å²) in [6.07, 6.45) is 6.10. The SMILES string of the molecule is CCCCCCCN1CC(=O)N(C)C(Cc2ccc(-c3cc(OC)c(OC)c(OC)c3)cc2)C1=O. The number of hydrogen-bond acceptors (Lipinski definition) is 5. The van der Waals surface area contributed by atoms with Crippen LogP contribution in [-0.4, -0.2) is 69.1 Å². The van der Waals surface area contributed by atoms with Crippen molar-refractivity contribution < 1.29 is 23.8 Å². The number of benzene rings is 2. The monoisotopic (exact) mass is 482 g/mol. The predicted octanol–water partition coefficient (Wildman–Crippen LogP) is 4.56. The van der Waals surface area contributed by atoms with E-state index in [2.05, 4.69) is 6.92 Å². The van der Waals surface area contributed by atoms with E-state index < -0.39 is 6.04 Å². The number of likely N-dealkylation sites (N-methyl/N-ethyl adjacent to an activating group) is 1. The average Bonchev–Trinajstić information content (AvgIpc) is 2.88. The molecule has 35 heavy (non-hydrogen) atoms. The molecule has 7 nitrogen and oxygen atoms in total. The fraction of sp³-hybridized carbons (Fsp3) is 0.500. The van der Waals surface area contributed by atoms with Crippen LogP contribution in [-0.2, 0) is 16.0 Å². The minimum atomic E-state index is -0.473. The van der Waals surface area contributed by atoms with Crippen molar-refractivity contribution in [2.75, 3.05) is 41.5 Å². The second-order valence-electron chi connectivity index (χ2n) is 9.01. The number of ether oxygens (including phenoxy) is 3. The number of amides is 2. The molecule has 0 aromatic heterocycles. The summed E-state index contributed by atoms with van der Waals surface area (Å²) in [6, 6.07) is 11.4. The maximum absolute atomic E-state index is 13.2. The zero-order valence-electron chi connectivity index (χ0n) is 21.6. The number of carbonyl (C=O) groups excluding carboxylic acids is 2. The standard InChI is InChI=1S/C28H38N2O5/c1-6-7-8-9-10-15-30-19-26(31)29(2)23(28(30)32)16-20-11-13-21(14-12-20)22-17-24(33-3)27(35-5)25(18-22)34-4/h11-14,17-18,23H,6-10,15-16,19H2,1-5H3. The summed E-state index contributed by atoms with van der Waals surface area (Å²) in [5.41, 5.74) is 2.92.